The molecule has 0 aliphatic carbocycles. The standard InChI is InChI=1S/C7H16N2O.H2O4S/c8-5-1-3-7(9)4-2-6-10;1-5(2,3)4/h9-10H,1-6,8H2;(H2,1,2,3,4). The summed E-state index contributed by atoms with van der Waals surface area (Å²) in [5.41, 5.74) is 5.97. The first-order valence-corrected chi connectivity index (χ1v) is 5.78. The minimum atomic E-state index is -4.67. The second-order valence-corrected chi connectivity index (χ2v) is 3.67. The Bertz CT molecular complexity index is 234. The molecule has 0 aromatic carbocycles. The van der Waals surface area contributed by atoms with E-state index in [0.29, 0.717) is 18.7 Å². The molecule has 0 aliphatic rings. The molecule has 0 radical (unpaired) electrons. The van der Waals surface area contributed by atoms with Gasteiger partial charge in [0.2, 0.25) is 0 Å². The molecule has 0 amide bonds. The molecule has 0 rings (SSSR count). The Labute approximate surface area is 89.4 Å². The van der Waals surface area contributed by atoms with Crippen LogP contribution in [-0.4, -0.2) is 41.5 Å². The molecule has 0 saturated carbocycles. The Morgan fingerprint density at radius 2 is 1.60 bits per heavy atom. The van der Waals surface area contributed by atoms with E-state index in [9.17, 15) is 0 Å². The summed E-state index contributed by atoms with van der Waals surface area (Å²) in [6.45, 7) is 0.840. The van der Waals surface area contributed by atoms with Crippen LogP contribution in [0.3, 0.4) is 0 Å². The quantitative estimate of drug-likeness (QED) is 0.324. The predicted octanol–water partition coefficient (Wildman–Crippen LogP) is -0.135. The van der Waals surface area contributed by atoms with E-state index in [1.807, 2.05) is 0 Å². The van der Waals surface area contributed by atoms with Crippen LogP contribution in [0.25, 0.3) is 0 Å². The van der Waals surface area contributed by atoms with Crippen LogP contribution in [0.1, 0.15) is 25.7 Å². The van der Waals surface area contributed by atoms with Crippen LogP contribution in [0.4, 0.5) is 0 Å². The van der Waals surface area contributed by atoms with Gasteiger partial charge >= 0.3 is 10.4 Å². The van der Waals surface area contributed by atoms with Gasteiger partial charge in [0, 0.05) is 12.3 Å². The molecule has 0 aromatic rings. The molecule has 15 heavy (non-hydrogen) atoms. The Kier molecular flexibility index (Phi) is 11.2. The van der Waals surface area contributed by atoms with Crippen LogP contribution >= 0.6 is 0 Å². The van der Waals surface area contributed by atoms with Crippen LogP contribution in [0, 0.1) is 5.41 Å². The predicted molar refractivity (Wildman–Crippen MR) is 56.5 cm³/mol. The average molecular weight is 242 g/mol. The number of nitrogens with one attached hydrogen (secondary N) is 1. The molecular weight excluding hydrogens is 224 g/mol. The first-order valence-electron chi connectivity index (χ1n) is 4.38. The van der Waals surface area contributed by atoms with Gasteiger partial charge in [-0.25, -0.2) is 0 Å². The van der Waals surface area contributed by atoms with E-state index >= 15 is 0 Å². The number of hydrogen-bond donors (Lipinski definition) is 5. The topological polar surface area (TPSA) is 145 Å². The fourth-order valence-electron chi connectivity index (χ4n) is 0.733. The molecule has 0 saturated heterocycles. The third-order valence-corrected chi connectivity index (χ3v) is 1.32. The van der Waals surface area contributed by atoms with E-state index in [4.69, 9.17) is 33.8 Å². The molecule has 0 heterocycles. The van der Waals surface area contributed by atoms with Crippen molar-refractivity contribution in [2.45, 2.75) is 25.7 Å². The lowest BCUT2D eigenvalue weighted by atomic mass is 10.1. The van der Waals surface area contributed by atoms with Gasteiger partial charge in [0.15, 0.2) is 0 Å². The lowest BCUT2D eigenvalue weighted by Gasteiger charge is -1.99. The SMILES string of the molecule is N=C(CCCN)CCCO.O=S(=O)(O)O. The second-order valence-electron chi connectivity index (χ2n) is 2.77. The van der Waals surface area contributed by atoms with E-state index in [1.165, 1.54) is 0 Å². The maximum Gasteiger partial charge on any atom is 0.394 e. The fraction of sp³-hybridized carbons (Fsp3) is 0.857. The summed E-state index contributed by atoms with van der Waals surface area (Å²) in [6.07, 6.45) is 3.11. The van der Waals surface area contributed by atoms with Crippen LogP contribution in [0.2, 0.25) is 0 Å². The summed E-state index contributed by atoms with van der Waals surface area (Å²) in [6, 6.07) is 0. The number of hydrogen-bond acceptors (Lipinski definition) is 5. The third-order valence-electron chi connectivity index (χ3n) is 1.32. The van der Waals surface area contributed by atoms with Crippen molar-refractivity contribution >= 4 is 16.1 Å². The van der Waals surface area contributed by atoms with Crippen LogP contribution in [0.15, 0.2) is 0 Å². The molecule has 0 atom stereocenters. The van der Waals surface area contributed by atoms with Gasteiger partial charge in [-0.3, -0.25) is 9.11 Å². The molecule has 7 nitrogen and oxygen atoms in total. The second kappa shape index (κ2) is 9.99. The Morgan fingerprint density at radius 3 is 1.93 bits per heavy atom. The average Bonchev–Trinajstić information content (AvgIpc) is 2.08. The van der Waals surface area contributed by atoms with Crippen molar-refractivity contribution in [2.24, 2.45) is 5.73 Å². The van der Waals surface area contributed by atoms with Crippen molar-refractivity contribution in [1.29, 1.82) is 5.41 Å². The van der Waals surface area contributed by atoms with Gasteiger partial charge in [-0.15, -0.1) is 0 Å². The van der Waals surface area contributed by atoms with Gasteiger partial charge in [0.05, 0.1) is 0 Å². The highest BCUT2D eigenvalue weighted by Gasteiger charge is 1.94. The highest BCUT2D eigenvalue weighted by Crippen LogP contribution is 1.96. The van der Waals surface area contributed by atoms with Crippen molar-refractivity contribution in [3.05, 3.63) is 0 Å². The maximum atomic E-state index is 8.74. The number of rotatable bonds is 6. The Hall–Kier alpha value is -0.540. The highest BCUT2D eigenvalue weighted by molar-refractivity contribution is 7.79. The summed E-state index contributed by atoms with van der Waals surface area (Å²) in [5.74, 6) is 0. The normalized spacial score (nSPS) is 10.4. The first kappa shape index (κ1) is 16.9. The zero-order valence-electron chi connectivity index (χ0n) is 8.39. The molecule has 0 fully saturated rings. The van der Waals surface area contributed by atoms with E-state index in [1.54, 1.807) is 0 Å². The van der Waals surface area contributed by atoms with E-state index in [0.717, 1.165) is 19.3 Å². The van der Waals surface area contributed by atoms with Crippen molar-refractivity contribution in [3.63, 3.8) is 0 Å². The number of aliphatic hydroxyl groups excluding tert-OH is 1. The molecule has 8 heteroatoms. The molecule has 6 N–H and O–H groups in total. The molecule has 0 unspecified atom stereocenters. The lowest BCUT2D eigenvalue weighted by molar-refractivity contribution is 0.291. The molecular formula is C7H18N2O5S. The summed E-state index contributed by atoms with van der Waals surface area (Å²) in [5, 5.41) is 15.7. The maximum absolute atomic E-state index is 8.74. The highest BCUT2D eigenvalue weighted by atomic mass is 32.3. The molecule has 0 spiro atoms. The zero-order chi connectivity index (χ0) is 12.3. The summed E-state index contributed by atoms with van der Waals surface area (Å²) in [4.78, 5) is 0. The van der Waals surface area contributed by atoms with E-state index in [-0.39, 0.29) is 6.61 Å². The summed E-state index contributed by atoms with van der Waals surface area (Å²) >= 11 is 0. The summed E-state index contributed by atoms with van der Waals surface area (Å²) in [7, 11) is -4.67. The minimum Gasteiger partial charge on any atom is -0.396 e. The van der Waals surface area contributed by atoms with Crippen molar-refractivity contribution in [1.82, 2.24) is 0 Å². The largest absolute Gasteiger partial charge is 0.396 e. The van der Waals surface area contributed by atoms with Gasteiger partial charge in [0.25, 0.3) is 0 Å². The van der Waals surface area contributed by atoms with Crippen molar-refractivity contribution in [3.8, 4) is 0 Å². The number of nitrogens with two attached hydrogens (primary N) is 1. The van der Waals surface area contributed by atoms with Gasteiger partial charge in [-0.1, -0.05) is 0 Å². The third kappa shape index (κ3) is 31.8. The first-order chi connectivity index (χ1) is 6.81. The smallest absolute Gasteiger partial charge is 0.394 e. The van der Waals surface area contributed by atoms with Crippen LogP contribution < -0.4 is 5.73 Å². The van der Waals surface area contributed by atoms with Gasteiger partial charge in [0.1, 0.15) is 0 Å². The van der Waals surface area contributed by atoms with Crippen LogP contribution in [0.5, 0.6) is 0 Å². The molecule has 92 valence electrons. The zero-order valence-corrected chi connectivity index (χ0v) is 9.20. The monoisotopic (exact) mass is 242 g/mol. The molecule has 0 aliphatic heterocycles. The minimum absolute atomic E-state index is 0.186. The van der Waals surface area contributed by atoms with Gasteiger partial charge in [-0.05, 0) is 32.2 Å². The van der Waals surface area contributed by atoms with Crippen LogP contribution in [-0.2, 0) is 10.4 Å². The van der Waals surface area contributed by atoms with E-state index in [2.05, 4.69) is 0 Å². The van der Waals surface area contributed by atoms with E-state index < -0.39 is 10.4 Å². The molecule has 0 bridgehead atoms. The lowest BCUT2D eigenvalue weighted by Crippen LogP contribution is -2.04. The van der Waals surface area contributed by atoms with Gasteiger partial charge in [-0.2, -0.15) is 8.42 Å². The summed E-state index contributed by atoms with van der Waals surface area (Å²) < 4.78 is 31.6. The molecule has 0 aromatic heterocycles. The Morgan fingerprint density at radius 1 is 1.20 bits per heavy atom. The van der Waals surface area contributed by atoms with Crippen molar-refractivity contribution < 1.29 is 22.6 Å². The fourth-order valence-corrected chi connectivity index (χ4v) is 0.733. The van der Waals surface area contributed by atoms with Gasteiger partial charge < -0.3 is 16.2 Å². The number of aliphatic hydroxyl groups is 1. The van der Waals surface area contributed by atoms with Crippen molar-refractivity contribution in [2.75, 3.05) is 13.2 Å². The Balaban J connectivity index is 0.